The minimum Gasteiger partial charge on any atom is -0.478 e. The van der Waals surface area contributed by atoms with E-state index in [2.05, 4.69) is 15.6 Å². The van der Waals surface area contributed by atoms with Crippen LogP contribution in [0.3, 0.4) is 0 Å². The standard InChI is InChI=1S/C12H13FN4O2/c13-11-2-1-9(12(18)19)7-10(11)8-14-3-5-17-6-4-15-16-17/h1-2,4,6-7,14H,3,5,8H2,(H,18,19). The molecule has 19 heavy (non-hydrogen) atoms. The topological polar surface area (TPSA) is 80.0 Å². The first-order valence-electron chi connectivity index (χ1n) is 5.73. The molecule has 6 nitrogen and oxygen atoms in total. The first kappa shape index (κ1) is 13.2. The zero-order chi connectivity index (χ0) is 13.7. The minimum atomic E-state index is -1.07. The fourth-order valence-corrected chi connectivity index (χ4v) is 1.61. The maximum atomic E-state index is 13.5. The Morgan fingerprint density at radius 1 is 1.47 bits per heavy atom. The molecule has 0 radical (unpaired) electrons. The molecule has 0 aliphatic carbocycles. The predicted octanol–water partition coefficient (Wildman–Crippen LogP) is 0.905. The molecule has 0 aliphatic rings. The van der Waals surface area contributed by atoms with Crippen LogP contribution in [-0.4, -0.2) is 32.6 Å². The van der Waals surface area contributed by atoms with Crippen molar-refractivity contribution in [2.45, 2.75) is 13.1 Å². The number of carbonyl (C=O) groups is 1. The van der Waals surface area contributed by atoms with Crippen LogP contribution in [0.1, 0.15) is 15.9 Å². The van der Waals surface area contributed by atoms with Gasteiger partial charge in [-0.3, -0.25) is 4.68 Å². The Labute approximate surface area is 108 Å². The number of rotatable bonds is 6. The van der Waals surface area contributed by atoms with E-state index in [9.17, 15) is 9.18 Å². The second-order valence-electron chi connectivity index (χ2n) is 3.95. The van der Waals surface area contributed by atoms with Gasteiger partial charge in [-0.15, -0.1) is 5.10 Å². The van der Waals surface area contributed by atoms with Gasteiger partial charge in [-0.05, 0) is 18.2 Å². The van der Waals surface area contributed by atoms with E-state index in [0.717, 1.165) is 6.07 Å². The summed E-state index contributed by atoms with van der Waals surface area (Å²) in [7, 11) is 0. The predicted molar refractivity (Wildman–Crippen MR) is 65.1 cm³/mol. The third-order valence-electron chi connectivity index (χ3n) is 2.60. The second-order valence-corrected chi connectivity index (χ2v) is 3.95. The Kier molecular flexibility index (Phi) is 4.19. The molecule has 100 valence electrons. The lowest BCUT2D eigenvalue weighted by Gasteiger charge is -2.07. The molecule has 1 aromatic carbocycles. The van der Waals surface area contributed by atoms with Gasteiger partial charge in [0.1, 0.15) is 5.82 Å². The molecule has 0 fully saturated rings. The van der Waals surface area contributed by atoms with E-state index in [-0.39, 0.29) is 12.1 Å². The van der Waals surface area contributed by atoms with Crippen LogP contribution in [0.5, 0.6) is 0 Å². The van der Waals surface area contributed by atoms with Crippen LogP contribution in [0, 0.1) is 5.82 Å². The van der Waals surface area contributed by atoms with Gasteiger partial charge < -0.3 is 10.4 Å². The number of benzene rings is 1. The van der Waals surface area contributed by atoms with Crippen molar-refractivity contribution < 1.29 is 14.3 Å². The summed E-state index contributed by atoms with van der Waals surface area (Å²) in [5.41, 5.74) is 0.410. The zero-order valence-electron chi connectivity index (χ0n) is 10.1. The summed E-state index contributed by atoms with van der Waals surface area (Å²) in [6, 6.07) is 3.74. The van der Waals surface area contributed by atoms with Crippen molar-refractivity contribution >= 4 is 5.97 Å². The fraction of sp³-hybridized carbons (Fsp3) is 0.250. The molecule has 1 aromatic heterocycles. The minimum absolute atomic E-state index is 0.0782. The van der Waals surface area contributed by atoms with Crippen molar-refractivity contribution in [2.75, 3.05) is 6.54 Å². The Morgan fingerprint density at radius 2 is 2.32 bits per heavy atom. The molecule has 0 aliphatic heterocycles. The van der Waals surface area contributed by atoms with Crippen molar-refractivity contribution in [3.8, 4) is 0 Å². The summed E-state index contributed by atoms with van der Waals surface area (Å²) in [6.07, 6.45) is 3.31. The van der Waals surface area contributed by atoms with Crippen LogP contribution in [-0.2, 0) is 13.1 Å². The van der Waals surface area contributed by atoms with E-state index < -0.39 is 11.8 Å². The number of hydrogen-bond acceptors (Lipinski definition) is 4. The molecule has 0 spiro atoms. The Balaban J connectivity index is 1.88. The molecule has 0 amide bonds. The highest BCUT2D eigenvalue weighted by Gasteiger charge is 2.07. The quantitative estimate of drug-likeness (QED) is 0.758. The van der Waals surface area contributed by atoms with Gasteiger partial charge in [0, 0.05) is 24.8 Å². The first-order valence-corrected chi connectivity index (χ1v) is 5.73. The third-order valence-corrected chi connectivity index (χ3v) is 2.60. The summed E-state index contributed by atoms with van der Waals surface area (Å²) in [5.74, 6) is -1.48. The number of halogens is 1. The van der Waals surface area contributed by atoms with Gasteiger partial charge in [0.25, 0.3) is 0 Å². The van der Waals surface area contributed by atoms with Crippen LogP contribution >= 0.6 is 0 Å². The number of hydrogen-bond donors (Lipinski definition) is 2. The van der Waals surface area contributed by atoms with E-state index in [1.807, 2.05) is 0 Å². The van der Waals surface area contributed by atoms with Crippen molar-refractivity contribution in [3.63, 3.8) is 0 Å². The molecule has 2 rings (SSSR count). The van der Waals surface area contributed by atoms with Gasteiger partial charge in [-0.1, -0.05) is 5.21 Å². The number of nitrogens with zero attached hydrogens (tertiary/aromatic N) is 3. The van der Waals surface area contributed by atoms with Crippen molar-refractivity contribution in [3.05, 3.63) is 47.5 Å². The average Bonchev–Trinajstić information content (AvgIpc) is 2.89. The van der Waals surface area contributed by atoms with Crippen molar-refractivity contribution in [2.24, 2.45) is 0 Å². The molecule has 0 bridgehead atoms. The van der Waals surface area contributed by atoms with E-state index >= 15 is 0 Å². The fourth-order valence-electron chi connectivity index (χ4n) is 1.61. The van der Waals surface area contributed by atoms with Gasteiger partial charge >= 0.3 is 5.97 Å². The van der Waals surface area contributed by atoms with Gasteiger partial charge in [0.15, 0.2) is 0 Å². The highest BCUT2D eigenvalue weighted by molar-refractivity contribution is 5.87. The normalized spacial score (nSPS) is 10.6. The van der Waals surface area contributed by atoms with Gasteiger partial charge in [-0.25, -0.2) is 9.18 Å². The van der Waals surface area contributed by atoms with Crippen LogP contribution in [0.2, 0.25) is 0 Å². The Hall–Kier alpha value is -2.28. The second kappa shape index (κ2) is 6.05. The summed E-state index contributed by atoms with van der Waals surface area (Å²) in [4.78, 5) is 10.8. The molecule has 2 N–H and O–H groups in total. The van der Waals surface area contributed by atoms with Crippen molar-refractivity contribution in [1.29, 1.82) is 0 Å². The van der Waals surface area contributed by atoms with E-state index in [4.69, 9.17) is 5.11 Å². The summed E-state index contributed by atoms with van der Waals surface area (Å²) in [6.45, 7) is 1.46. The molecule has 0 atom stereocenters. The summed E-state index contributed by atoms with van der Waals surface area (Å²) >= 11 is 0. The van der Waals surface area contributed by atoms with Crippen LogP contribution in [0.15, 0.2) is 30.6 Å². The summed E-state index contributed by atoms with van der Waals surface area (Å²) < 4.78 is 15.1. The van der Waals surface area contributed by atoms with Crippen molar-refractivity contribution in [1.82, 2.24) is 20.3 Å². The average molecular weight is 264 g/mol. The smallest absolute Gasteiger partial charge is 0.335 e. The number of aromatic nitrogens is 3. The van der Waals surface area contributed by atoms with Gasteiger partial charge in [0.05, 0.1) is 18.3 Å². The highest BCUT2D eigenvalue weighted by Crippen LogP contribution is 2.10. The Bertz CT molecular complexity index is 557. The lowest BCUT2D eigenvalue weighted by atomic mass is 10.1. The molecular formula is C12H13FN4O2. The summed E-state index contributed by atoms with van der Waals surface area (Å²) in [5, 5.41) is 19.3. The first-order chi connectivity index (χ1) is 9.16. The lowest BCUT2D eigenvalue weighted by Crippen LogP contribution is -2.20. The molecular weight excluding hydrogens is 251 g/mol. The molecule has 0 unspecified atom stereocenters. The van der Waals surface area contributed by atoms with E-state index in [1.54, 1.807) is 17.1 Å². The maximum absolute atomic E-state index is 13.5. The lowest BCUT2D eigenvalue weighted by molar-refractivity contribution is 0.0696. The highest BCUT2D eigenvalue weighted by atomic mass is 19.1. The molecule has 2 aromatic rings. The van der Waals surface area contributed by atoms with Crippen LogP contribution in [0.25, 0.3) is 0 Å². The molecule has 7 heteroatoms. The third kappa shape index (κ3) is 3.59. The SMILES string of the molecule is O=C(O)c1ccc(F)c(CNCCn2ccnn2)c1. The Morgan fingerprint density at radius 3 is 3.00 bits per heavy atom. The molecule has 0 saturated carbocycles. The number of carboxylic acid groups (broad SMARTS) is 1. The van der Waals surface area contributed by atoms with Crippen LogP contribution in [0.4, 0.5) is 4.39 Å². The van der Waals surface area contributed by atoms with Gasteiger partial charge in [0.2, 0.25) is 0 Å². The number of nitrogens with one attached hydrogen (secondary N) is 1. The molecule has 0 saturated heterocycles. The van der Waals surface area contributed by atoms with E-state index in [1.165, 1.54) is 12.1 Å². The van der Waals surface area contributed by atoms with E-state index in [0.29, 0.717) is 18.7 Å². The van der Waals surface area contributed by atoms with Gasteiger partial charge in [-0.2, -0.15) is 0 Å². The molecule has 1 heterocycles. The largest absolute Gasteiger partial charge is 0.478 e. The number of aromatic carboxylic acids is 1. The monoisotopic (exact) mass is 264 g/mol. The zero-order valence-corrected chi connectivity index (χ0v) is 10.1. The number of carboxylic acids is 1. The van der Waals surface area contributed by atoms with Crippen LogP contribution < -0.4 is 5.32 Å². The maximum Gasteiger partial charge on any atom is 0.335 e.